The minimum Gasteiger partial charge on any atom is -0.497 e. The molecule has 0 fully saturated rings. The van der Waals surface area contributed by atoms with E-state index >= 15 is 0 Å². The minimum atomic E-state index is -0.202. The molecular formula is C21H24N4O5S. The van der Waals surface area contributed by atoms with E-state index in [2.05, 4.69) is 15.5 Å². The summed E-state index contributed by atoms with van der Waals surface area (Å²) in [5.41, 5.74) is 1.36. The highest BCUT2D eigenvalue weighted by atomic mass is 32.2. The van der Waals surface area contributed by atoms with Crippen LogP contribution in [0.4, 0.5) is 5.69 Å². The number of carbonyl (C=O) groups excluding carboxylic acids is 1. The van der Waals surface area contributed by atoms with Crippen molar-refractivity contribution in [3.63, 3.8) is 0 Å². The van der Waals surface area contributed by atoms with Crippen molar-refractivity contribution in [1.82, 2.24) is 14.8 Å². The Morgan fingerprint density at radius 3 is 2.32 bits per heavy atom. The van der Waals surface area contributed by atoms with E-state index in [1.54, 1.807) is 46.6 Å². The Morgan fingerprint density at radius 1 is 0.935 bits per heavy atom. The second kappa shape index (κ2) is 10.1. The van der Waals surface area contributed by atoms with Crippen LogP contribution >= 0.6 is 11.8 Å². The Kier molecular flexibility index (Phi) is 7.24. The van der Waals surface area contributed by atoms with Gasteiger partial charge in [0.1, 0.15) is 11.5 Å². The molecule has 0 saturated heterocycles. The summed E-state index contributed by atoms with van der Waals surface area (Å²) in [6, 6.07) is 10.7. The summed E-state index contributed by atoms with van der Waals surface area (Å²) in [4.78, 5) is 12.5. The summed E-state index contributed by atoms with van der Waals surface area (Å²) in [6.45, 7) is 0. The van der Waals surface area contributed by atoms with Crippen LogP contribution in [0.3, 0.4) is 0 Å². The molecule has 0 atom stereocenters. The maximum Gasteiger partial charge on any atom is 0.234 e. The van der Waals surface area contributed by atoms with Gasteiger partial charge in [-0.2, -0.15) is 0 Å². The number of aromatic nitrogens is 3. The van der Waals surface area contributed by atoms with Crippen LogP contribution in [-0.2, 0) is 11.8 Å². The third kappa shape index (κ3) is 5.02. The molecule has 3 rings (SSSR count). The summed E-state index contributed by atoms with van der Waals surface area (Å²) >= 11 is 1.28. The number of nitrogens with zero attached hydrogens (tertiary/aromatic N) is 3. The molecule has 164 valence electrons. The number of hydrogen-bond donors (Lipinski definition) is 1. The van der Waals surface area contributed by atoms with Crippen molar-refractivity contribution in [1.29, 1.82) is 0 Å². The average molecular weight is 445 g/mol. The van der Waals surface area contributed by atoms with Gasteiger partial charge in [-0.25, -0.2) is 0 Å². The fraction of sp³-hybridized carbons (Fsp3) is 0.286. The normalized spacial score (nSPS) is 10.5. The van der Waals surface area contributed by atoms with Crippen LogP contribution in [0, 0.1) is 0 Å². The highest BCUT2D eigenvalue weighted by Gasteiger charge is 2.16. The lowest BCUT2D eigenvalue weighted by molar-refractivity contribution is -0.113. The first-order valence-electron chi connectivity index (χ1n) is 9.27. The number of amides is 1. The molecule has 0 saturated carbocycles. The van der Waals surface area contributed by atoms with E-state index in [9.17, 15) is 4.79 Å². The van der Waals surface area contributed by atoms with Gasteiger partial charge >= 0.3 is 0 Å². The Balaban J connectivity index is 1.70. The van der Waals surface area contributed by atoms with Crippen LogP contribution < -0.4 is 24.3 Å². The third-order valence-corrected chi connectivity index (χ3v) is 5.51. The fourth-order valence-electron chi connectivity index (χ4n) is 2.90. The zero-order valence-corrected chi connectivity index (χ0v) is 18.8. The van der Waals surface area contributed by atoms with Crippen molar-refractivity contribution in [3.05, 3.63) is 36.4 Å². The van der Waals surface area contributed by atoms with E-state index in [0.29, 0.717) is 39.7 Å². The summed E-state index contributed by atoms with van der Waals surface area (Å²) in [5.74, 6) is 3.00. The van der Waals surface area contributed by atoms with E-state index in [0.717, 1.165) is 5.56 Å². The summed E-state index contributed by atoms with van der Waals surface area (Å²) in [7, 11) is 8.11. The number of thioether (sulfide) groups is 1. The number of anilines is 1. The van der Waals surface area contributed by atoms with Crippen LogP contribution in [0.1, 0.15) is 0 Å². The largest absolute Gasteiger partial charge is 0.497 e. The van der Waals surface area contributed by atoms with Gasteiger partial charge in [0.25, 0.3) is 0 Å². The van der Waals surface area contributed by atoms with Crippen LogP contribution in [-0.4, -0.2) is 54.9 Å². The molecule has 0 aliphatic heterocycles. The van der Waals surface area contributed by atoms with Crippen LogP contribution in [0.15, 0.2) is 41.6 Å². The number of hydrogen-bond acceptors (Lipinski definition) is 8. The molecule has 0 aliphatic carbocycles. The maximum absolute atomic E-state index is 12.5. The van der Waals surface area contributed by atoms with Crippen LogP contribution in [0.25, 0.3) is 11.4 Å². The molecule has 1 N–H and O–H groups in total. The molecule has 2 aromatic carbocycles. The molecule has 10 heteroatoms. The SMILES string of the molecule is COc1ccc(OC)c(NC(=O)CSc2nnc(-c3ccc(OC)c(OC)c3)n2C)c1. The molecule has 0 unspecified atom stereocenters. The van der Waals surface area contributed by atoms with Crippen molar-refractivity contribution in [3.8, 4) is 34.4 Å². The van der Waals surface area contributed by atoms with E-state index in [-0.39, 0.29) is 11.7 Å². The zero-order chi connectivity index (χ0) is 22.4. The van der Waals surface area contributed by atoms with Gasteiger partial charge in [0.05, 0.1) is 39.9 Å². The lowest BCUT2D eigenvalue weighted by Gasteiger charge is -2.11. The van der Waals surface area contributed by atoms with Crippen molar-refractivity contribution in [2.24, 2.45) is 7.05 Å². The van der Waals surface area contributed by atoms with Gasteiger partial charge < -0.3 is 28.8 Å². The van der Waals surface area contributed by atoms with Gasteiger partial charge in [-0.15, -0.1) is 10.2 Å². The standard InChI is InChI=1S/C21H24N4O5S/c1-25-20(13-6-8-17(29-4)18(10-13)30-5)23-24-21(25)31-12-19(26)22-15-11-14(27-2)7-9-16(15)28-3/h6-11H,12H2,1-5H3,(H,22,26). The van der Waals surface area contributed by atoms with Gasteiger partial charge in [0.15, 0.2) is 22.5 Å². The average Bonchev–Trinajstić information content (AvgIpc) is 3.17. The zero-order valence-electron chi connectivity index (χ0n) is 18.0. The van der Waals surface area contributed by atoms with Gasteiger partial charge in [0.2, 0.25) is 5.91 Å². The monoisotopic (exact) mass is 444 g/mol. The van der Waals surface area contributed by atoms with Gasteiger partial charge in [-0.3, -0.25) is 4.79 Å². The quantitative estimate of drug-likeness (QED) is 0.503. The van der Waals surface area contributed by atoms with Crippen LogP contribution in [0.2, 0.25) is 0 Å². The van der Waals surface area contributed by atoms with Crippen LogP contribution in [0.5, 0.6) is 23.0 Å². The molecule has 0 bridgehead atoms. The predicted molar refractivity (Wildman–Crippen MR) is 118 cm³/mol. The molecule has 1 aromatic heterocycles. The van der Waals surface area contributed by atoms with Crippen molar-refractivity contribution >= 4 is 23.4 Å². The highest BCUT2D eigenvalue weighted by Crippen LogP contribution is 2.33. The first-order chi connectivity index (χ1) is 15.0. The van der Waals surface area contributed by atoms with Gasteiger partial charge in [-0.05, 0) is 30.3 Å². The summed E-state index contributed by atoms with van der Waals surface area (Å²) in [5, 5.41) is 11.9. The highest BCUT2D eigenvalue weighted by molar-refractivity contribution is 7.99. The van der Waals surface area contributed by atoms with E-state index in [4.69, 9.17) is 18.9 Å². The molecular weight excluding hydrogens is 420 g/mol. The molecule has 1 heterocycles. The molecule has 1 amide bonds. The summed E-state index contributed by atoms with van der Waals surface area (Å²) in [6.07, 6.45) is 0. The molecule has 3 aromatic rings. The Labute approximate surface area is 184 Å². The Hall–Kier alpha value is -3.40. The number of rotatable bonds is 9. The lowest BCUT2D eigenvalue weighted by Crippen LogP contribution is -2.15. The van der Waals surface area contributed by atoms with Crippen molar-refractivity contribution in [2.45, 2.75) is 5.16 Å². The molecule has 0 aliphatic rings. The molecule has 9 nitrogen and oxygen atoms in total. The van der Waals surface area contributed by atoms with Gasteiger partial charge in [-0.1, -0.05) is 11.8 Å². The first kappa shape index (κ1) is 22.3. The number of ether oxygens (including phenoxy) is 4. The number of carbonyl (C=O) groups is 1. The number of nitrogens with one attached hydrogen (secondary N) is 1. The third-order valence-electron chi connectivity index (χ3n) is 4.49. The first-order valence-corrected chi connectivity index (χ1v) is 10.3. The van der Waals surface area contributed by atoms with E-state index in [1.807, 2.05) is 29.8 Å². The Morgan fingerprint density at radius 2 is 1.65 bits per heavy atom. The molecule has 0 spiro atoms. The Bertz CT molecular complexity index is 1070. The number of methoxy groups -OCH3 is 4. The molecule has 0 radical (unpaired) electrons. The van der Waals surface area contributed by atoms with E-state index in [1.165, 1.54) is 11.8 Å². The lowest BCUT2D eigenvalue weighted by atomic mass is 10.2. The fourth-order valence-corrected chi connectivity index (χ4v) is 3.61. The van der Waals surface area contributed by atoms with Crippen molar-refractivity contribution < 1.29 is 23.7 Å². The topological polar surface area (TPSA) is 96.7 Å². The molecule has 31 heavy (non-hydrogen) atoms. The second-order valence-corrected chi connectivity index (χ2v) is 7.28. The maximum atomic E-state index is 12.5. The van der Waals surface area contributed by atoms with E-state index < -0.39 is 0 Å². The number of benzene rings is 2. The van der Waals surface area contributed by atoms with Gasteiger partial charge in [0, 0.05) is 18.7 Å². The van der Waals surface area contributed by atoms with Crippen molar-refractivity contribution in [2.75, 3.05) is 39.5 Å². The predicted octanol–water partition coefficient (Wildman–Crippen LogP) is 3.25. The summed E-state index contributed by atoms with van der Waals surface area (Å²) < 4.78 is 23.0. The smallest absolute Gasteiger partial charge is 0.234 e. The minimum absolute atomic E-state index is 0.151. The second-order valence-electron chi connectivity index (χ2n) is 6.34.